The summed E-state index contributed by atoms with van der Waals surface area (Å²) in [6.45, 7) is 8.43. The van der Waals surface area contributed by atoms with Gasteiger partial charge in [0.1, 0.15) is 10.6 Å². The maximum absolute atomic E-state index is 12.5. The summed E-state index contributed by atoms with van der Waals surface area (Å²) in [5.74, 6) is 0.121. The molecule has 0 heterocycles. The van der Waals surface area contributed by atoms with Crippen molar-refractivity contribution in [2.24, 2.45) is 0 Å². The summed E-state index contributed by atoms with van der Waals surface area (Å²) in [6.07, 6.45) is 0. The molecule has 19 heavy (non-hydrogen) atoms. The maximum Gasteiger partial charge on any atom is 0.186 e. The van der Waals surface area contributed by atoms with Crippen molar-refractivity contribution in [3.8, 4) is 5.75 Å². The predicted octanol–water partition coefficient (Wildman–Crippen LogP) is 2.86. The topological polar surface area (TPSA) is 60.4 Å². The molecule has 0 aliphatic heterocycles. The number of Topliss-reactive ketones (excluding diaryl/α,β-unsaturated/α-hetero) is 1. The van der Waals surface area contributed by atoms with Crippen LogP contribution in [0.2, 0.25) is 0 Å². The van der Waals surface area contributed by atoms with Crippen LogP contribution in [0.4, 0.5) is 0 Å². The maximum atomic E-state index is 12.5. The van der Waals surface area contributed by atoms with E-state index in [1.165, 1.54) is 13.0 Å². The Morgan fingerprint density at radius 1 is 1.26 bits per heavy atom. The Labute approximate surface area is 114 Å². The van der Waals surface area contributed by atoms with Crippen LogP contribution >= 0.6 is 0 Å². The molecule has 1 rings (SSSR count). The van der Waals surface area contributed by atoms with Gasteiger partial charge in [-0.05, 0) is 52.8 Å². The van der Waals surface area contributed by atoms with Gasteiger partial charge in [0.2, 0.25) is 0 Å². The van der Waals surface area contributed by atoms with E-state index in [0.29, 0.717) is 17.9 Å². The van der Waals surface area contributed by atoms with E-state index >= 15 is 0 Å². The van der Waals surface area contributed by atoms with Crippen LogP contribution in [-0.4, -0.2) is 25.6 Å². The fourth-order valence-electron chi connectivity index (χ4n) is 1.54. The summed E-state index contributed by atoms with van der Waals surface area (Å²) >= 11 is 0. The number of carbonyl (C=O) groups excluding carboxylic acids is 1. The molecule has 1 aromatic rings. The minimum absolute atomic E-state index is 0.0783. The second kappa shape index (κ2) is 5.33. The minimum atomic E-state index is -3.56. The lowest BCUT2D eigenvalue weighted by Crippen LogP contribution is -2.28. The van der Waals surface area contributed by atoms with Crippen molar-refractivity contribution in [3.05, 3.63) is 23.8 Å². The molecule has 0 aliphatic carbocycles. The van der Waals surface area contributed by atoms with Crippen molar-refractivity contribution >= 4 is 15.6 Å². The van der Waals surface area contributed by atoms with Crippen LogP contribution in [0.1, 0.15) is 45.0 Å². The number of carbonyl (C=O) groups is 1. The van der Waals surface area contributed by atoms with E-state index < -0.39 is 14.6 Å². The zero-order valence-electron chi connectivity index (χ0n) is 12.0. The first kappa shape index (κ1) is 15.7. The van der Waals surface area contributed by atoms with Gasteiger partial charge in [-0.25, -0.2) is 8.42 Å². The molecule has 0 radical (unpaired) electrons. The second-order valence-corrected chi connectivity index (χ2v) is 7.94. The van der Waals surface area contributed by atoms with Crippen molar-refractivity contribution in [2.45, 2.75) is 44.3 Å². The van der Waals surface area contributed by atoms with Crippen LogP contribution in [0.3, 0.4) is 0 Å². The molecule has 106 valence electrons. The molecule has 0 saturated carbocycles. The Morgan fingerprint density at radius 3 is 2.26 bits per heavy atom. The molecule has 1 aromatic carbocycles. The highest BCUT2D eigenvalue weighted by atomic mass is 32.2. The molecule has 0 N–H and O–H groups in total. The van der Waals surface area contributed by atoms with Crippen LogP contribution in [0, 0.1) is 0 Å². The van der Waals surface area contributed by atoms with Crippen LogP contribution < -0.4 is 4.74 Å². The van der Waals surface area contributed by atoms with E-state index in [2.05, 4.69) is 0 Å². The predicted molar refractivity (Wildman–Crippen MR) is 74.6 cm³/mol. The molecule has 0 atom stereocenters. The normalized spacial score (nSPS) is 12.3. The standard InChI is InChI=1S/C14H20O4S/c1-6-18-12-8-7-11(10(2)15)9-13(12)19(16,17)14(3,4)5/h7-9H,6H2,1-5H3. The van der Waals surface area contributed by atoms with E-state index in [1.807, 2.05) is 0 Å². The van der Waals surface area contributed by atoms with Crippen LogP contribution in [0.15, 0.2) is 23.1 Å². The smallest absolute Gasteiger partial charge is 0.186 e. The summed E-state index contributed by atoms with van der Waals surface area (Å²) in [5.41, 5.74) is 0.367. The first-order valence-electron chi connectivity index (χ1n) is 6.13. The van der Waals surface area contributed by atoms with Crippen LogP contribution in [0.5, 0.6) is 5.75 Å². The summed E-state index contributed by atoms with van der Waals surface area (Å²) in [5, 5.41) is 0. The molecule has 0 bridgehead atoms. The molecule has 0 spiro atoms. The molecule has 5 heteroatoms. The van der Waals surface area contributed by atoms with E-state index in [4.69, 9.17) is 4.74 Å². The van der Waals surface area contributed by atoms with Crippen molar-refractivity contribution in [2.75, 3.05) is 6.61 Å². The largest absolute Gasteiger partial charge is 0.493 e. The summed E-state index contributed by atoms with van der Waals surface area (Å²) < 4.78 is 29.5. The Balaban J connectivity index is 3.54. The van der Waals surface area contributed by atoms with Gasteiger partial charge in [0.15, 0.2) is 15.6 Å². The summed E-state index contributed by atoms with van der Waals surface area (Å²) in [6, 6.07) is 4.52. The lowest BCUT2D eigenvalue weighted by molar-refractivity contribution is 0.101. The number of ether oxygens (including phenoxy) is 1. The molecule has 0 aromatic heterocycles. The number of ketones is 1. The Morgan fingerprint density at radius 2 is 1.84 bits per heavy atom. The molecule has 4 nitrogen and oxygen atoms in total. The summed E-state index contributed by atoms with van der Waals surface area (Å²) in [4.78, 5) is 11.5. The van der Waals surface area contributed by atoms with E-state index in [1.54, 1.807) is 39.8 Å². The van der Waals surface area contributed by atoms with Gasteiger partial charge in [0, 0.05) is 5.56 Å². The van der Waals surface area contributed by atoms with Gasteiger partial charge in [0.25, 0.3) is 0 Å². The fraction of sp³-hybridized carbons (Fsp3) is 0.500. The van der Waals surface area contributed by atoms with E-state index in [-0.39, 0.29) is 10.7 Å². The molecule has 0 saturated heterocycles. The molecule has 0 unspecified atom stereocenters. The van der Waals surface area contributed by atoms with Crippen molar-refractivity contribution in [1.29, 1.82) is 0 Å². The highest BCUT2D eigenvalue weighted by Gasteiger charge is 2.33. The Hall–Kier alpha value is -1.36. The quantitative estimate of drug-likeness (QED) is 0.798. The first-order chi connectivity index (χ1) is 8.61. The number of rotatable bonds is 4. The lowest BCUT2D eigenvalue weighted by atomic mass is 10.1. The van der Waals surface area contributed by atoms with Gasteiger partial charge in [-0.3, -0.25) is 4.79 Å². The van der Waals surface area contributed by atoms with Gasteiger partial charge >= 0.3 is 0 Å². The van der Waals surface area contributed by atoms with Crippen molar-refractivity contribution < 1.29 is 17.9 Å². The van der Waals surface area contributed by atoms with Gasteiger partial charge in [-0.2, -0.15) is 0 Å². The van der Waals surface area contributed by atoms with E-state index in [9.17, 15) is 13.2 Å². The van der Waals surface area contributed by atoms with Gasteiger partial charge in [-0.1, -0.05) is 0 Å². The average molecular weight is 284 g/mol. The molecule has 0 aliphatic rings. The Kier molecular flexibility index (Phi) is 4.40. The number of hydrogen-bond acceptors (Lipinski definition) is 4. The molecular weight excluding hydrogens is 264 g/mol. The monoisotopic (exact) mass is 284 g/mol. The Bertz CT molecular complexity index is 580. The summed E-state index contributed by atoms with van der Waals surface area (Å²) in [7, 11) is -3.56. The van der Waals surface area contributed by atoms with Crippen LogP contribution in [0.25, 0.3) is 0 Å². The lowest BCUT2D eigenvalue weighted by Gasteiger charge is -2.21. The van der Waals surface area contributed by atoms with Gasteiger partial charge in [-0.15, -0.1) is 0 Å². The van der Waals surface area contributed by atoms with Crippen molar-refractivity contribution in [3.63, 3.8) is 0 Å². The zero-order valence-corrected chi connectivity index (χ0v) is 12.8. The first-order valence-corrected chi connectivity index (χ1v) is 7.62. The third-order valence-corrected chi connectivity index (χ3v) is 5.26. The second-order valence-electron chi connectivity index (χ2n) is 5.27. The van der Waals surface area contributed by atoms with E-state index in [0.717, 1.165) is 0 Å². The third-order valence-electron chi connectivity index (χ3n) is 2.75. The van der Waals surface area contributed by atoms with Gasteiger partial charge < -0.3 is 4.74 Å². The fourth-order valence-corrected chi connectivity index (χ4v) is 2.88. The zero-order chi connectivity index (χ0) is 14.8. The van der Waals surface area contributed by atoms with Gasteiger partial charge in [0.05, 0.1) is 11.4 Å². The molecule has 0 amide bonds. The molecular formula is C14H20O4S. The highest BCUT2D eigenvalue weighted by molar-refractivity contribution is 7.92. The van der Waals surface area contributed by atoms with Crippen molar-refractivity contribution in [1.82, 2.24) is 0 Å². The third kappa shape index (κ3) is 3.15. The molecule has 0 fully saturated rings. The number of benzene rings is 1. The number of sulfone groups is 1. The average Bonchev–Trinajstić information content (AvgIpc) is 2.27. The highest BCUT2D eigenvalue weighted by Crippen LogP contribution is 2.33. The minimum Gasteiger partial charge on any atom is -0.493 e. The number of hydrogen-bond donors (Lipinski definition) is 0. The SMILES string of the molecule is CCOc1ccc(C(C)=O)cc1S(=O)(=O)C(C)(C)C. The van der Waals surface area contributed by atoms with Crippen LogP contribution in [-0.2, 0) is 9.84 Å².